The second-order valence-electron chi connectivity index (χ2n) is 5.62. The van der Waals surface area contributed by atoms with Gasteiger partial charge in [-0.15, -0.1) is 0 Å². The average molecular weight is 266 g/mol. The van der Waals surface area contributed by atoms with Gasteiger partial charge in [-0.2, -0.15) is 0 Å². The second kappa shape index (κ2) is 4.70. The molecule has 2 rings (SSSR count). The van der Waals surface area contributed by atoms with Crippen LogP contribution >= 0.6 is 0 Å². The Bertz CT molecular complexity index is 467. The van der Waals surface area contributed by atoms with E-state index in [1.807, 2.05) is 0 Å². The molecular formula is C13H19BO5. The lowest BCUT2D eigenvalue weighted by atomic mass is 9.76. The van der Waals surface area contributed by atoms with E-state index in [1.54, 1.807) is 45.9 Å². The van der Waals surface area contributed by atoms with E-state index >= 15 is 0 Å². The molecule has 0 spiro atoms. The molecule has 5 nitrogen and oxygen atoms in total. The van der Waals surface area contributed by atoms with Crippen LogP contribution in [0.2, 0.25) is 0 Å². The number of para-hydroxylation sites is 1. The highest BCUT2D eigenvalue weighted by Crippen LogP contribution is 2.31. The molecule has 0 saturated heterocycles. The topological polar surface area (TPSA) is 68.2 Å². The van der Waals surface area contributed by atoms with Crippen molar-refractivity contribution in [1.29, 1.82) is 0 Å². The van der Waals surface area contributed by atoms with E-state index in [1.165, 1.54) is 0 Å². The molecule has 0 atom stereocenters. The Morgan fingerprint density at radius 3 is 2.53 bits per heavy atom. The van der Waals surface area contributed by atoms with Gasteiger partial charge >= 0.3 is 7.12 Å². The van der Waals surface area contributed by atoms with Gasteiger partial charge in [-0.25, -0.2) is 0 Å². The van der Waals surface area contributed by atoms with Gasteiger partial charge in [0.25, 0.3) is 0 Å². The van der Waals surface area contributed by atoms with Crippen LogP contribution in [0.25, 0.3) is 0 Å². The maximum Gasteiger partial charge on any atom is 0.495 e. The Hall–Kier alpha value is -1.24. The third-order valence-electron chi connectivity index (χ3n) is 3.57. The van der Waals surface area contributed by atoms with Crippen molar-refractivity contribution in [3.63, 3.8) is 0 Å². The second-order valence-corrected chi connectivity index (χ2v) is 5.62. The SMILES string of the molecule is CC(C)(O)C(C)(C)OB(O)c1cccc2c1OCO2. The third kappa shape index (κ3) is 2.70. The van der Waals surface area contributed by atoms with Crippen LogP contribution in [0, 0.1) is 0 Å². The molecule has 0 bridgehead atoms. The summed E-state index contributed by atoms with van der Waals surface area (Å²) in [7, 11) is -1.20. The Morgan fingerprint density at radius 1 is 1.21 bits per heavy atom. The first-order chi connectivity index (χ1) is 8.72. The van der Waals surface area contributed by atoms with Crippen molar-refractivity contribution in [3.8, 4) is 11.5 Å². The van der Waals surface area contributed by atoms with Gasteiger partial charge < -0.3 is 24.3 Å². The fourth-order valence-corrected chi connectivity index (χ4v) is 1.63. The summed E-state index contributed by atoms with van der Waals surface area (Å²) >= 11 is 0. The monoisotopic (exact) mass is 266 g/mol. The zero-order chi connectivity index (χ0) is 14.3. The van der Waals surface area contributed by atoms with Gasteiger partial charge in [0.05, 0.1) is 11.2 Å². The fraction of sp³-hybridized carbons (Fsp3) is 0.538. The third-order valence-corrected chi connectivity index (χ3v) is 3.57. The lowest BCUT2D eigenvalue weighted by molar-refractivity contribution is -0.0983. The average Bonchev–Trinajstić information content (AvgIpc) is 2.73. The van der Waals surface area contributed by atoms with Gasteiger partial charge in [0.1, 0.15) is 0 Å². The van der Waals surface area contributed by atoms with Crippen LogP contribution in [0.4, 0.5) is 0 Å². The smallest absolute Gasteiger partial charge is 0.454 e. The van der Waals surface area contributed by atoms with E-state index in [2.05, 4.69) is 0 Å². The van der Waals surface area contributed by atoms with Crippen molar-refractivity contribution < 1.29 is 24.3 Å². The Balaban J connectivity index is 2.22. The zero-order valence-electron chi connectivity index (χ0n) is 11.6. The first-order valence-corrected chi connectivity index (χ1v) is 6.19. The summed E-state index contributed by atoms with van der Waals surface area (Å²) in [5.41, 5.74) is -1.52. The number of ether oxygens (including phenoxy) is 2. The van der Waals surface area contributed by atoms with Crippen LogP contribution in [0.1, 0.15) is 27.7 Å². The van der Waals surface area contributed by atoms with Crippen molar-refractivity contribution in [2.45, 2.75) is 38.9 Å². The molecule has 0 fully saturated rings. The Kier molecular flexibility index (Phi) is 3.51. The first kappa shape index (κ1) is 14.2. The quantitative estimate of drug-likeness (QED) is 0.784. The van der Waals surface area contributed by atoms with E-state index in [0.717, 1.165) is 0 Å². The summed E-state index contributed by atoms with van der Waals surface area (Å²) in [5.74, 6) is 1.07. The molecule has 1 aromatic rings. The fourth-order valence-electron chi connectivity index (χ4n) is 1.63. The molecule has 1 heterocycles. The summed E-state index contributed by atoms with van der Waals surface area (Å²) in [6.45, 7) is 6.84. The molecule has 0 saturated carbocycles. The van der Waals surface area contributed by atoms with Crippen molar-refractivity contribution in [2.75, 3.05) is 6.79 Å². The molecule has 6 heteroatoms. The number of aliphatic hydroxyl groups is 1. The van der Waals surface area contributed by atoms with Gasteiger partial charge in [0, 0.05) is 5.46 Å². The predicted octanol–water partition coefficient (Wildman–Crippen LogP) is 0.669. The lowest BCUT2D eigenvalue weighted by Crippen LogP contribution is -2.53. The predicted molar refractivity (Wildman–Crippen MR) is 71.6 cm³/mol. The minimum absolute atomic E-state index is 0.133. The lowest BCUT2D eigenvalue weighted by Gasteiger charge is -2.38. The number of hydrogen-bond acceptors (Lipinski definition) is 5. The van der Waals surface area contributed by atoms with Crippen LogP contribution in [0.15, 0.2) is 18.2 Å². The molecule has 2 N–H and O–H groups in total. The maximum atomic E-state index is 10.2. The number of hydrogen-bond donors (Lipinski definition) is 2. The van der Waals surface area contributed by atoms with E-state index in [-0.39, 0.29) is 6.79 Å². The highest BCUT2D eigenvalue weighted by atomic mass is 16.7. The number of rotatable bonds is 4. The summed E-state index contributed by atoms with van der Waals surface area (Å²) < 4.78 is 16.2. The van der Waals surface area contributed by atoms with Gasteiger partial charge in [-0.3, -0.25) is 0 Å². The van der Waals surface area contributed by atoms with Crippen LogP contribution in [0.3, 0.4) is 0 Å². The zero-order valence-corrected chi connectivity index (χ0v) is 11.6. The largest absolute Gasteiger partial charge is 0.495 e. The van der Waals surface area contributed by atoms with E-state index in [4.69, 9.17) is 14.1 Å². The number of fused-ring (bicyclic) bond motifs is 1. The van der Waals surface area contributed by atoms with Crippen molar-refractivity contribution in [3.05, 3.63) is 18.2 Å². The summed E-state index contributed by atoms with van der Waals surface area (Å²) in [6.07, 6.45) is 0. The van der Waals surface area contributed by atoms with Crippen molar-refractivity contribution in [1.82, 2.24) is 0 Å². The molecule has 104 valence electrons. The number of benzene rings is 1. The van der Waals surface area contributed by atoms with E-state index in [9.17, 15) is 10.1 Å². The van der Waals surface area contributed by atoms with Crippen LogP contribution in [-0.4, -0.2) is 35.2 Å². The molecule has 0 unspecified atom stereocenters. The standard InChI is InChI=1S/C13H19BO5/c1-12(2,15)13(3,4)19-14(16)9-6-5-7-10-11(9)18-8-17-10/h5-7,15-16H,8H2,1-4H3. The highest BCUT2D eigenvalue weighted by molar-refractivity contribution is 6.61. The van der Waals surface area contributed by atoms with Crippen LogP contribution < -0.4 is 14.9 Å². The highest BCUT2D eigenvalue weighted by Gasteiger charge is 2.40. The maximum absolute atomic E-state index is 10.2. The minimum Gasteiger partial charge on any atom is -0.454 e. The first-order valence-electron chi connectivity index (χ1n) is 6.19. The van der Waals surface area contributed by atoms with Gasteiger partial charge in [-0.1, -0.05) is 12.1 Å². The van der Waals surface area contributed by atoms with E-state index in [0.29, 0.717) is 17.0 Å². The van der Waals surface area contributed by atoms with Gasteiger partial charge in [0.2, 0.25) is 6.79 Å². The Labute approximate surface area is 113 Å². The molecule has 0 aromatic heterocycles. The van der Waals surface area contributed by atoms with Crippen molar-refractivity contribution >= 4 is 12.6 Å². The van der Waals surface area contributed by atoms with E-state index < -0.39 is 18.3 Å². The van der Waals surface area contributed by atoms with Gasteiger partial charge in [-0.05, 0) is 33.8 Å². The molecule has 0 aliphatic carbocycles. The summed E-state index contributed by atoms with van der Waals surface area (Å²) in [6, 6.07) is 5.23. The molecule has 0 radical (unpaired) electrons. The molecular weight excluding hydrogens is 247 g/mol. The molecule has 0 amide bonds. The summed E-state index contributed by atoms with van der Waals surface area (Å²) in [4.78, 5) is 0. The van der Waals surface area contributed by atoms with Crippen molar-refractivity contribution in [2.24, 2.45) is 0 Å². The summed E-state index contributed by atoms with van der Waals surface area (Å²) in [5, 5.41) is 20.3. The minimum atomic E-state index is -1.20. The normalized spacial score (nSPS) is 14.6. The molecule has 19 heavy (non-hydrogen) atoms. The van der Waals surface area contributed by atoms with Gasteiger partial charge in [0.15, 0.2) is 11.5 Å². The molecule has 1 aliphatic heterocycles. The Morgan fingerprint density at radius 2 is 1.89 bits per heavy atom. The molecule has 1 aliphatic rings. The molecule has 1 aromatic carbocycles. The van der Waals surface area contributed by atoms with Crippen LogP contribution in [-0.2, 0) is 4.65 Å². The van der Waals surface area contributed by atoms with Crippen LogP contribution in [0.5, 0.6) is 11.5 Å².